The fraction of sp³-hybridized carbons (Fsp3) is 0.400. The van der Waals surface area contributed by atoms with E-state index in [0.29, 0.717) is 0 Å². The summed E-state index contributed by atoms with van der Waals surface area (Å²) in [5.74, 6) is 0.828. The summed E-state index contributed by atoms with van der Waals surface area (Å²) in [6, 6.07) is 3.91. The molecule has 108 valence electrons. The smallest absolute Gasteiger partial charge is 0.141 e. The van der Waals surface area contributed by atoms with Crippen molar-refractivity contribution in [2.45, 2.75) is 32.9 Å². The number of hydrogen-bond donors (Lipinski definition) is 1. The maximum absolute atomic E-state index is 6.09. The van der Waals surface area contributed by atoms with E-state index in [-0.39, 0.29) is 12.1 Å². The first kappa shape index (κ1) is 15.1. The van der Waals surface area contributed by atoms with Gasteiger partial charge in [-0.2, -0.15) is 5.10 Å². The van der Waals surface area contributed by atoms with Crippen LogP contribution in [0.2, 0.25) is 0 Å². The monoisotopic (exact) mass is 337 g/mol. The van der Waals surface area contributed by atoms with Gasteiger partial charge in [0.1, 0.15) is 11.9 Å². The lowest BCUT2D eigenvalue weighted by Gasteiger charge is -2.22. The largest absolute Gasteiger partial charge is 0.484 e. The average Bonchev–Trinajstić information content (AvgIpc) is 2.79. The van der Waals surface area contributed by atoms with E-state index in [0.717, 1.165) is 26.9 Å². The lowest BCUT2D eigenvalue weighted by Crippen LogP contribution is -2.28. The Balaban J connectivity index is 2.29. The molecule has 2 atom stereocenters. The quantitative estimate of drug-likeness (QED) is 0.931. The molecular formula is C15H20BrN3O. The van der Waals surface area contributed by atoms with Gasteiger partial charge in [-0.25, -0.2) is 0 Å². The highest BCUT2D eigenvalue weighted by Crippen LogP contribution is 2.30. The molecule has 0 amide bonds. The molecule has 0 spiro atoms. The van der Waals surface area contributed by atoms with Gasteiger partial charge in [0.05, 0.1) is 6.20 Å². The van der Waals surface area contributed by atoms with Crippen molar-refractivity contribution in [3.8, 4) is 5.75 Å². The number of rotatable bonds is 4. The summed E-state index contributed by atoms with van der Waals surface area (Å²) in [5, 5.41) is 4.18. The van der Waals surface area contributed by atoms with Crippen LogP contribution in [0.4, 0.5) is 0 Å². The molecule has 0 saturated carbocycles. The fourth-order valence-corrected chi connectivity index (χ4v) is 2.42. The van der Waals surface area contributed by atoms with E-state index in [1.54, 1.807) is 10.9 Å². The van der Waals surface area contributed by atoms with Gasteiger partial charge in [0.25, 0.3) is 0 Å². The summed E-state index contributed by atoms with van der Waals surface area (Å²) in [5.41, 5.74) is 9.34. The first-order chi connectivity index (χ1) is 9.38. The molecule has 0 aliphatic carbocycles. The van der Waals surface area contributed by atoms with Crippen molar-refractivity contribution in [1.29, 1.82) is 0 Å². The maximum atomic E-state index is 6.09. The standard InChI is InChI=1S/C15H20BrN3O/c1-9-5-13(6-10(2)14(9)16)20-15(11(3)17)12-7-18-19(4)8-12/h5-8,11,15H,17H2,1-4H3. The molecule has 1 aromatic carbocycles. The second-order valence-corrected chi connectivity index (χ2v) is 6.01. The summed E-state index contributed by atoms with van der Waals surface area (Å²) < 4.78 is 8.96. The Morgan fingerprint density at radius 2 is 1.90 bits per heavy atom. The van der Waals surface area contributed by atoms with Gasteiger partial charge < -0.3 is 10.5 Å². The number of nitrogens with zero attached hydrogens (tertiary/aromatic N) is 2. The van der Waals surface area contributed by atoms with Crippen molar-refractivity contribution in [3.05, 3.63) is 45.7 Å². The zero-order valence-corrected chi connectivity index (χ0v) is 13.8. The summed E-state index contributed by atoms with van der Waals surface area (Å²) in [7, 11) is 1.88. The van der Waals surface area contributed by atoms with E-state index in [4.69, 9.17) is 10.5 Å². The van der Waals surface area contributed by atoms with E-state index in [1.165, 1.54) is 0 Å². The Labute approximate surface area is 128 Å². The Kier molecular flexibility index (Phi) is 4.50. The molecule has 20 heavy (non-hydrogen) atoms. The van der Waals surface area contributed by atoms with Crippen molar-refractivity contribution in [1.82, 2.24) is 9.78 Å². The molecule has 0 radical (unpaired) electrons. The Morgan fingerprint density at radius 3 is 2.35 bits per heavy atom. The fourth-order valence-electron chi connectivity index (χ4n) is 2.19. The van der Waals surface area contributed by atoms with Crippen LogP contribution in [0, 0.1) is 13.8 Å². The van der Waals surface area contributed by atoms with Gasteiger partial charge >= 0.3 is 0 Å². The molecule has 0 fully saturated rings. The third kappa shape index (κ3) is 3.22. The van der Waals surface area contributed by atoms with Crippen molar-refractivity contribution in [3.63, 3.8) is 0 Å². The van der Waals surface area contributed by atoms with Gasteiger partial charge in [0.2, 0.25) is 0 Å². The number of halogens is 1. The third-order valence-electron chi connectivity index (χ3n) is 3.20. The molecule has 0 saturated heterocycles. The molecule has 0 aliphatic heterocycles. The van der Waals surface area contributed by atoms with E-state index in [1.807, 2.05) is 32.3 Å². The van der Waals surface area contributed by atoms with Gasteiger partial charge in [-0.1, -0.05) is 15.9 Å². The highest BCUT2D eigenvalue weighted by atomic mass is 79.9. The molecule has 4 nitrogen and oxygen atoms in total. The van der Waals surface area contributed by atoms with Crippen LogP contribution >= 0.6 is 15.9 Å². The zero-order valence-electron chi connectivity index (χ0n) is 12.2. The van der Waals surface area contributed by atoms with Gasteiger partial charge in [-0.3, -0.25) is 4.68 Å². The summed E-state index contributed by atoms with van der Waals surface area (Å²) in [4.78, 5) is 0. The van der Waals surface area contributed by atoms with Gasteiger partial charge in [-0.05, 0) is 44.0 Å². The SMILES string of the molecule is Cc1cc(OC(c2cnn(C)c2)C(C)N)cc(C)c1Br. The molecule has 2 rings (SSSR count). The second kappa shape index (κ2) is 5.97. The van der Waals surface area contributed by atoms with Crippen LogP contribution in [0.1, 0.15) is 29.7 Å². The van der Waals surface area contributed by atoms with Crippen LogP contribution < -0.4 is 10.5 Å². The molecule has 5 heteroatoms. The average molecular weight is 338 g/mol. The van der Waals surface area contributed by atoms with Gasteiger partial charge in [-0.15, -0.1) is 0 Å². The minimum absolute atomic E-state index is 0.122. The van der Waals surface area contributed by atoms with Crippen LogP contribution in [-0.4, -0.2) is 15.8 Å². The van der Waals surface area contributed by atoms with Gasteiger partial charge in [0.15, 0.2) is 0 Å². The molecule has 2 N–H and O–H groups in total. The van der Waals surface area contributed by atoms with Crippen LogP contribution in [0.5, 0.6) is 5.75 Å². The highest BCUT2D eigenvalue weighted by molar-refractivity contribution is 9.10. The highest BCUT2D eigenvalue weighted by Gasteiger charge is 2.20. The second-order valence-electron chi connectivity index (χ2n) is 5.22. The Morgan fingerprint density at radius 1 is 1.30 bits per heavy atom. The van der Waals surface area contributed by atoms with E-state index >= 15 is 0 Å². The van der Waals surface area contributed by atoms with E-state index in [2.05, 4.69) is 34.9 Å². The number of benzene rings is 1. The number of nitrogens with two attached hydrogens (primary N) is 1. The van der Waals surface area contributed by atoms with E-state index in [9.17, 15) is 0 Å². The van der Waals surface area contributed by atoms with Gasteiger partial charge in [0, 0.05) is 29.3 Å². The van der Waals surface area contributed by atoms with Crippen molar-refractivity contribution in [2.24, 2.45) is 12.8 Å². The minimum atomic E-state index is -0.205. The summed E-state index contributed by atoms with van der Waals surface area (Å²) in [6.45, 7) is 6.04. The molecule has 1 heterocycles. The molecule has 0 aliphatic rings. The van der Waals surface area contributed by atoms with E-state index < -0.39 is 0 Å². The normalized spacial score (nSPS) is 14.1. The van der Waals surface area contributed by atoms with Crippen molar-refractivity contribution in [2.75, 3.05) is 0 Å². The zero-order chi connectivity index (χ0) is 14.9. The van der Waals surface area contributed by atoms with Crippen molar-refractivity contribution >= 4 is 15.9 Å². The Hall–Kier alpha value is -1.33. The van der Waals surface area contributed by atoms with Crippen LogP contribution in [0.15, 0.2) is 29.0 Å². The first-order valence-corrected chi connectivity index (χ1v) is 7.35. The van der Waals surface area contributed by atoms with Crippen LogP contribution in [0.3, 0.4) is 0 Å². The topological polar surface area (TPSA) is 53.1 Å². The minimum Gasteiger partial charge on any atom is -0.484 e. The number of ether oxygens (including phenoxy) is 1. The third-order valence-corrected chi connectivity index (χ3v) is 4.45. The number of aromatic nitrogens is 2. The van der Waals surface area contributed by atoms with Crippen LogP contribution in [-0.2, 0) is 7.05 Å². The lowest BCUT2D eigenvalue weighted by molar-refractivity contribution is 0.180. The first-order valence-electron chi connectivity index (χ1n) is 6.56. The number of aryl methyl sites for hydroxylation is 3. The predicted octanol–water partition coefficient (Wildman–Crippen LogP) is 3.27. The maximum Gasteiger partial charge on any atom is 0.141 e. The van der Waals surface area contributed by atoms with Crippen molar-refractivity contribution < 1.29 is 4.74 Å². The van der Waals surface area contributed by atoms with Crippen LogP contribution in [0.25, 0.3) is 0 Å². The molecule has 0 bridgehead atoms. The number of hydrogen-bond acceptors (Lipinski definition) is 3. The predicted molar refractivity (Wildman–Crippen MR) is 83.8 cm³/mol. The molecule has 1 aromatic heterocycles. The summed E-state index contributed by atoms with van der Waals surface area (Å²) >= 11 is 3.56. The summed E-state index contributed by atoms with van der Waals surface area (Å²) in [6.07, 6.45) is 3.53. The lowest BCUT2D eigenvalue weighted by atomic mass is 10.1. The molecule has 2 unspecified atom stereocenters. The Bertz CT molecular complexity index is 584. The molecule has 2 aromatic rings. The molecular weight excluding hydrogens is 318 g/mol.